The van der Waals surface area contributed by atoms with Crippen LogP contribution < -0.4 is 9.84 Å². The number of ether oxygens (including phenoxy) is 2. The molecule has 0 amide bonds. The summed E-state index contributed by atoms with van der Waals surface area (Å²) in [5, 5.41) is 12.6. The Kier molecular flexibility index (Phi) is 11.3. The Hall–Kier alpha value is -2.38. The van der Waals surface area contributed by atoms with Crippen molar-refractivity contribution in [1.29, 1.82) is 0 Å². The van der Waals surface area contributed by atoms with E-state index in [0.29, 0.717) is 35.8 Å². The predicted octanol–water partition coefficient (Wildman–Crippen LogP) is 4.14. The van der Waals surface area contributed by atoms with Gasteiger partial charge in [0.05, 0.1) is 38.0 Å². The largest absolute Gasteiger partial charge is 0.858 e. The summed E-state index contributed by atoms with van der Waals surface area (Å²) in [6.07, 6.45) is 0.854. The lowest BCUT2D eigenvalue weighted by molar-refractivity contribution is -0.906. The molecule has 0 aliphatic heterocycles. The first kappa shape index (κ1) is 26.7. The molecule has 6 nitrogen and oxygen atoms in total. The molecule has 31 heavy (non-hydrogen) atoms. The molecular weight excluding hydrogens is 460 g/mol. The number of carbonyl (C=O) groups excluding carboxylic acids is 1. The topological polar surface area (TPSA) is 71.0 Å². The fourth-order valence-electron chi connectivity index (χ4n) is 2.81. The maximum absolute atomic E-state index is 12.6. The van der Waals surface area contributed by atoms with Gasteiger partial charge in [0, 0.05) is 5.56 Å². The highest BCUT2D eigenvalue weighted by atomic mass is 79.9. The number of likely N-dealkylation sites (N-methyl/N-ethyl adjacent to an activating group) is 1. The van der Waals surface area contributed by atoms with Crippen LogP contribution in [0.1, 0.15) is 43.1 Å². The monoisotopic (exact) mass is 492 g/mol. The Morgan fingerprint density at radius 3 is 2.26 bits per heavy atom. The van der Waals surface area contributed by atoms with E-state index in [4.69, 9.17) is 9.47 Å². The molecule has 0 bridgehead atoms. The van der Waals surface area contributed by atoms with Gasteiger partial charge in [-0.25, -0.2) is 4.79 Å². The number of esters is 1. The van der Waals surface area contributed by atoms with Crippen molar-refractivity contribution in [3.05, 3.63) is 59.7 Å². The molecule has 0 aromatic heterocycles. The molecule has 0 fully saturated rings. The van der Waals surface area contributed by atoms with Gasteiger partial charge in [0.15, 0.2) is 0 Å². The molecule has 0 saturated carbocycles. The van der Waals surface area contributed by atoms with Crippen molar-refractivity contribution in [2.75, 3.05) is 39.9 Å². The van der Waals surface area contributed by atoms with Gasteiger partial charge in [-0.05, 0) is 56.5 Å². The minimum atomic E-state index is -0.381. The van der Waals surface area contributed by atoms with E-state index in [1.54, 1.807) is 42.5 Å². The van der Waals surface area contributed by atoms with Crippen LogP contribution in [0.3, 0.4) is 0 Å². The number of benzene rings is 2. The first-order chi connectivity index (χ1) is 14.4. The maximum Gasteiger partial charge on any atom is 0.338 e. The van der Waals surface area contributed by atoms with E-state index >= 15 is 0 Å². The molecule has 170 valence electrons. The van der Waals surface area contributed by atoms with Crippen molar-refractivity contribution in [1.82, 2.24) is 0 Å². The molecule has 0 radical (unpaired) electrons. The molecule has 0 atom stereocenters. The van der Waals surface area contributed by atoms with E-state index in [1.165, 1.54) is 0 Å². The highest BCUT2D eigenvalue weighted by molar-refractivity contribution is 8.93. The van der Waals surface area contributed by atoms with E-state index in [9.17, 15) is 9.90 Å². The van der Waals surface area contributed by atoms with Crippen LogP contribution in [-0.4, -0.2) is 56.2 Å². The van der Waals surface area contributed by atoms with E-state index in [-0.39, 0.29) is 28.8 Å². The molecule has 7 heteroatoms. The van der Waals surface area contributed by atoms with Crippen LogP contribution in [0.5, 0.6) is 5.75 Å². The molecule has 0 aliphatic rings. The maximum atomic E-state index is 12.6. The molecule has 0 unspecified atom stereocenters. The number of nitrogens with zero attached hydrogens (tertiary/aromatic N) is 2. The summed E-state index contributed by atoms with van der Waals surface area (Å²) in [6.45, 7) is 9.93. The van der Waals surface area contributed by atoms with Crippen LogP contribution in [0.25, 0.3) is 0 Å². The first-order valence-electron chi connectivity index (χ1n) is 10.5. The number of hydrogen-bond acceptors (Lipinski definition) is 5. The number of para-hydroxylation sites is 1. The van der Waals surface area contributed by atoms with Crippen molar-refractivity contribution in [3.63, 3.8) is 0 Å². The van der Waals surface area contributed by atoms with Gasteiger partial charge in [0.1, 0.15) is 18.9 Å². The van der Waals surface area contributed by atoms with Crippen LogP contribution in [0.4, 0.5) is 5.69 Å². The molecule has 0 N–H and O–H groups in total. The Labute approximate surface area is 195 Å². The third kappa shape index (κ3) is 7.99. The van der Waals surface area contributed by atoms with Crippen molar-refractivity contribution in [2.24, 2.45) is 4.99 Å². The van der Waals surface area contributed by atoms with Gasteiger partial charge in [-0.15, -0.1) is 17.0 Å². The number of halogens is 1. The second kappa shape index (κ2) is 13.1. The molecule has 0 spiro atoms. The number of aliphatic imine (C=N–C) groups is 1. The Bertz CT molecular complexity index is 849. The molecular formula is C24H33BrN2O4. The van der Waals surface area contributed by atoms with Gasteiger partial charge in [-0.1, -0.05) is 25.1 Å². The minimum Gasteiger partial charge on any atom is -0.858 e. The van der Waals surface area contributed by atoms with Gasteiger partial charge in [-0.2, -0.15) is 0 Å². The summed E-state index contributed by atoms with van der Waals surface area (Å²) in [6, 6.07) is 13.6. The highest BCUT2D eigenvalue weighted by Crippen LogP contribution is 2.21. The number of quaternary nitrogens is 1. The third-order valence-electron chi connectivity index (χ3n) is 5.30. The molecule has 2 aromatic carbocycles. The van der Waals surface area contributed by atoms with Crippen molar-refractivity contribution >= 4 is 34.5 Å². The van der Waals surface area contributed by atoms with E-state index in [0.717, 1.165) is 30.5 Å². The quantitative estimate of drug-likeness (QED) is 0.204. The zero-order valence-corrected chi connectivity index (χ0v) is 20.5. The predicted molar refractivity (Wildman–Crippen MR) is 128 cm³/mol. The Morgan fingerprint density at radius 1 is 1.00 bits per heavy atom. The number of carbonyl (C=O) groups is 1. The lowest BCUT2D eigenvalue weighted by Gasteiger charge is -2.31. The summed E-state index contributed by atoms with van der Waals surface area (Å²) in [7, 11) is 2.15. The average molecular weight is 493 g/mol. The Morgan fingerprint density at radius 2 is 1.65 bits per heavy atom. The van der Waals surface area contributed by atoms with E-state index < -0.39 is 0 Å². The van der Waals surface area contributed by atoms with E-state index in [1.807, 2.05) is 13.0 Å². The fourth-order valence-corrected chi connectivity index (χ4v) is 2.81. The second-order valence-electron chi connectivity index (χ2n) is 7.42. The van der Waals surface area contributed by atoms with Gasteiger partial charge >= 0.3 is 5.97 Å². The van der Waals surface area contributed by atoms with Crippen LogP contribution in [-0.2, 0) is 4.74 Å². The van der Waals surface area contributed by atoms with Crippen molar-refractivity contribution in [2.45, 2.75) is 27.2 Å². The standard InChI is InChI=1S/C24H32N2O4.BrH/c1-5-17-29-22-11-9-8-10-21(22)23(27)25-20-14-12-19(13-15-20)24(28)30-18-16-26(4,6-2)7-3;/h8-15H,5-7,16-18H2,1-4H3;1H. The summed E-state index contributed by atoms with van der Waals surface area (Å²) in [4.78, 5) is 16.4. The van der Waals surface area contributed by atoms with Gasteiger partial charge in [0.2, 0.25) is 0 Å². The third-order valence-corrected chi connectivity index (χ3v) is 5.30. The van der Waals surface area contributed by atoms with Crippen molar-refractivity contribution in [3.8, 4) is 5.75 Å². The highest BCUT2D eigenvalue weighted by Gasteiger charge is 2.17. The SMILES string of the molecule is Br.CCCOc1ccccc1C([O-])=Nc1ccc(C(=O)OCC[N+](C)(CC)CC)cc1. The van der Waals surface area contributed by atoms with Crippen LogP contribution >= 0.6 is 17.0 Å². The van der Waals surface area contributed by atoms with E-state index in [2.05, 4.69) is 25.9 Å². The van der Waals surface area contributed by atoms with Crippen molar-refractivity contribution < 1.29 is 23.9 Å². The average Bonchev–Trinajstić information content (AvgIpc) is 2.78. The zero-order valence-electron chi connectivity index (χ0n) is 18.8. The fraction of sp³-hybridized carbons (Fsp3) is 0.417. The summed E-state index contributed by atoms with van der Waals surface area (Å²) >= 11 is 0. The first-order valence-corrected chi connectivity index (χ1v) is 10.5. The lowest BCUT2D eigenvalue weighted by Crippen LogP contribution is -2.46. The van der Waals surface area contributed by atoms with Crippen LogP contribution in [0.15, 0.2) is 53.5 Å². The van der Waals surface area contributed by atoms with Gasteiger partial charge < -0.3 is 19.1 Å². The summed E-state index contributed by atoms with van der Waals surface area (Å²) < 4.78 is 11.9. The lowest BCUT2D eigenvalue weighted by atomic mass is 10.2. The summed E-state index contributed by atoms with van der Waals surface area (Å²) in [5.41, 5.74) is 1.33. The minimum absolute atomic E-state index is 0. The number of rotatable bonds is 11. The number of hydrogen-bond donors (Lipinski definition) is 0. The van der Waals surface area contributed by atoms with Gasteiger partial charge in [0.25, 0.3) is 0 Å². The normalized spacial score (nSPS) is 11.5. The Balaban J connectivity index is 0.00000480. The molecule has 0 heterocycles. The zero-order chi connectivity index (χ0) is 22.0. The summed E-state index contributed by atoms with van der Waals surface area (Å²) in [5.74, 6) is -0.226. The van der Waals surface area contributed by atoms with Gasteiger partial charge in [-0.3, -0.25) is 4.99 Å². The molecule has 0 aliphatic carbocycles. The molecule has 2 rings (SSSR count). The molecule has 0 saturated heterocycles. The molecule has 2 aromatic rings. The smallest absolute Gasteiger partial charge is 0.338 e. The van der Waals surface area contributed by atoms with Crippen LogP contribution in [0.2, 0.25) is 0 Å². The second-order valence-corrected chi connectivity index (χ2v) is 7.42. The van der Waals surface area contributed by atoms with Crippen LogP contribution in [0, 0.1) is 0 Å².